The molecule has 0 spiro atoms. The molecule has 3 saturated heterocycles. The van der Waals surface area contributed by atoms with Gasteiger partial charge in [-0.3, -0.25) is 9.11 Å². The van der Waals surface area contributed by atoms with E-state index in [0.29, 0.717) is 5.54 Å². The van der Waals surface area contributed by atoms with Crippen LogP contribution in [0.15, 0.2) is 0 Å². The third-order valence-corrected chi connectivity index (χ3v) is 5.20. The Morgan fingerprint density at radius 2 is 2.07 bits per heavy atom. The Kier molecular flexibility index (Phi) is 2.18. The molecule has 0 aromatic heterocycles. The van der Waals surface area contributed by atoms with Crippen LogP contribution in [0.25, 0.3) is 0 Å². The molecule has 3 nitrogen and oxygen atoms in total. The standard InChI is InChI=1S/C10H18N2OS/c13-14-3-1-12(2-4-14)8-10-5-9(6-10)7-11-10/h9,11H,1-8H2. The SMILES string of the molecule is O=S1CCN(CC23CC(CN2)C3)CC1. The number of nitrogens with one attached hydrogen (secondary N) is 1. The van der Waals surface area contributed by atoms with Crippen molar-refractivity contribution in [1.82, 2.24) is 10.2 Å². The van der Waals surface area contributed by atoms with Crippen molar-refractivity contribution in [2.45, 2.75) is 18.4 Å². The van der Waals surface area contributed by atoms with Gasteiger partial charge in [-0.25, -0.2) is 0 Å². The van der Waals surface area contributed by atoms with Gasteiger partial charge in [0.1, 0.15) is 0 Å². The molecule has 0 atom stereocenters. The maximum Gasteiger partial charge on any atom is 0.0363 e. The van der Waals surface area contributed by atoms with E-state index in [9.17, 15) is 4.21 Å². The summed E-state index contributed by atoms with van der Waals surface area (Å²) in [5.41, 5.74) is 0.462. The minimum atomic E-state index is -0.527. The van der Waals surface area contributed by atoms with Crippen molar-refractivity contribution in [3.05, 3.63) is 0 Å². The summed E-state index contributed by atoms with van der Waals surface area (Å²) in [6, 6.07) is 0. The van der Waals surface area contributed by atoms with Crippen LogP contribution < -0.4 is 5.32 Å². The zero-order valence-corrected chi connectivity index (χ0v) is 9.31. The van der Waals surface area contributed by atoms with Gasteiger partial charge in [0.15, 0.2) is 0 Å². The minimum absolute atomic E-state index is 0.462. The highest BCUT2D eigenvalue weighted by Crippen LogP contribution is 2.43. The van der Waals surface area contributed by atoms with Gasteiger partial charge in [0.25, 0.3) is 0 Å². The third kappa shape index (κ3) is 1.53. The van der Waals surface area contributed by atoms with E-state index < -0.39 is 10.8 Å². The zero-order chi connectivity index (χ0) is 9.60. The predicted molar refractivity (Wildman–Crippen MR) is 57.8 cm³/mol. The van der Waals surface area contributed by atoms with Crippen LogP contribution in [0.4, 0.5) is 0 Å². The Bertz CT molecular complexity index is 247. The monoisotopic (exact) mass is 214 g/mol. The summed E-state index contributed by atoms with van der Waals surface area (Å²) in [7, 11) is -0.527. The van der Waals surface area contributed by atoms with Gasteiger partial charge in [-0.1, -0.05) is 0 Å². The van der Waals surface area contributed by atoms with Crippen molar-refractivity contribution in [2.75, 3.05) is 37.7 Å². The number of hydrogen-bond acceptors (Lipinski definition) is 3. The van der Waals surface area contributed by atoms with Gasteiger partial charge < -0.3 is 5.32 Å². The lowest BCUT2D eigenvalue weighted by Crippen LogP contribution is -2.54. The predicted octanol–water partition coefficient (Wildman–Crippen LogP) is -0.197. The van der Waals surface area contributed by atoms with Crippen molar-refractivity contribution in [3.8, 4) is 0 Å². The van der Waals surface area contributed by atoms with E-state index in [1.807, 2.05) is 0 Å². The van der Waals surface area contributed by atoms with E-state index in [0.717, 1.165) is 30.5 Å². The molecule has 0 amide bonds. The van der Waals surface area contributed by atoms with Crippen LogP contribution in [0, 0.1) is 5.92 Å². The van der Waals surface area contributed by atoms with Gasteiger partial charge in [-0.15, -0.1) is 0 Å². The van der Waals surface area contributed by atoms with E-state index in [4.69, 9.17) is 0 Å². The molecule has 4 fully saturated rings. The second kappa shape index (κ2) is 3.29. The van der Waals surface area contributed by atoms with Gasteiger partial charge >= 0.3 is 0 Å². The summed E-state index contributed by atoms with van der Waals surface area (Å²) in [4.78, 5) is 2.50. The molecule has 0 unspecified atom stereocenters. The molecule has 1 saturated carbocycles. The Morgan fingerprint density at radius 3 is 2.64 bits per heavy atom. The second-order valence-electron chi connectivity index (χ2n) is 5.06. The Balaban J connectivity index is 1.55. The van der Waals surface area contributed by atoms with Crippen LogP contribution in [0.3, 0.4) is 0 Å². The molecule has 1 aliphatic carbocycles. The summed E-state index contributed by atoms with van der Waals surface area (Å²) in [6.07, 6.45) is 2.76. The first-order valence-electron chi connectivity index (χ1n) is 5.58. The normalized spacial score (nSPS) is 43.9. The van der Waals surface area contributed by atoms with Crippen molar-refractivity contribution >= 4 is 10.8 Å². The molecule has 0 aromatic rings. The summed E-state index contributed by atoms with van der Waals surface area (Å²) in [5, 5.41) is 3.65. The topological polar surface area (TPSA) is 32.3 Å². The zero-order valence-electron chi connectivity index (χ0n) is 8.50. The lowest BCUT2D eigenvalue weighted by Gasteiger charge is -2.42. The summed E-state index contributed by atoms with van der Waals surface area (Å²) in [5.74, 6) is 2.74. The first-order chi connectivity index (χ1) is 6.76. The van der Waals surface area contributed by atoms with Gasteiger partial charge in [0.2, 0.25) is 0 Å². The molecule has 0 aromatic carbocycles. The van der Waals surface area contributed by atoms with Crippen LogP contribution in [0.2, 0.25) is 0 Å². The summed E-state index contributed by atoms with van der Waals surface area (Å²) in [6.45, 7) is 4.52. The van der Waals surface area contributed by atoms with Crippen LogP contribution >= 0.6 is 0 Å². The molecule has 3 aliphatic heterocycles. The number of rotatable bonds is 2. The van der Waals surface area contributed by atoms with Gasteiger partial charge in [0.05, 0.1) is 0 Å². The molecule has 4 aliphatic rings. The Hall–Kier alpha value is 0.0700. The average Bonchev–Trinajstić information content (AvgIpc) is 2.68. The van der Waals surface area contributed by atoms with E-state index in [2.05, 4.69) is 10.2 Å². The lowest BCUT2D eigenvalue weighted by molar-refractivity contribution is 0.142. The third-order valence-electron chi connectivity index (χ3n) is 3.92. The van der Waals surface area contributed by atoms with E-state index in [1.165, 1.54) is 25.9 Å². The number of fused-ring (bicyclic) bond motifs is 1. The molecule has 14 heavy (non-hydrogen) atoms. The van der Waals surface area contributed by atoms with Crippen LogP contribution in [0.5, 0.6) is 0 Å². The van der Waals surface area contributed by atoms with Gasteiger partial charge in [0, 0.05) is 47.5 Å². The summed E-state index contributed by atoms with van der Waals surface area (Å²) < 4.78 is 11.2. The smallest absolute Gasteiger partial charge is 0.0363 e. The van der Waals surface area contributed by atoms with E-state index in [-0.39, 0.29) is 0 Å². The molecule has 0 radical (unpaired) electrons. The van der Waals surface area contributed by atoms with E-state index >= 15 is 0 Å². The maximum atomic E-state index is 11.2. The molecule has 80 valence electrons. The summed E-state index contributed by atoms with van der Waals surface area (Å²) >= 11 is 0. The molecule has 2 bridgehead atoms. The van der Waals surface area contributed by atoms with Gasteiger partial charge in [-0.05, 0) is 25.3 Å². The van der Waals surface area contributed by atoms with Crippen molar-refractivity contribution in [1.29, 1.82) is 0 Å². The molecular formula is C10H18N2OS. The molecule has 4 heteroatoms. The Morgan fingerprint density at radius 1 is 1.36 bits per heavy atom. The first-order valence-corrected chi connectivity index (χ1v) is 7.07. The fourth-order valence-corrected chi connectivity index (χ4v) is 4.27. The van der Waals surface area contributed by atoms with Crippen molar-refractivity contribution in [3.63, 3.8) is 0 Å². The largest absolute Gasteiger partial charge is 0.310 e. The maximum absolute atomic E-state index is 11.2. The van der Waals surface area contributed by atoms with E-state index in [1.54, 1.807) is 0 Å². The number of nitrogens with zero attached hydrogens (tertiary/aromatic N) is 1. The number of hydrogen-bond donors (Lipinski definition) is 1. The molecular weight excluding hydrogens is 196 g/mol. The molecule has 3 heterocycles. The Labute approximate surface area is 87.7 Å². The van der Waals surface area contributed by atoms with Crippen LogP contribution in [-0.4, -0.2) is 52.3 Å². The fourth-order valence-electron chi connectivity index (χ4n) is 3.14. The highest BCUT2D eigenvalue weighted by Gasteiger charge is 2.50. The second-order valence-corrected chi connectivity index (χ2v) is 6.76. The molecule has 1 N–H and O–H groups in total. The average molecular weight is 214 g/mol. The van der Waals surface area contributed by atoms with Crippen molar-refractivity contribution < 1.29 is 4.21 Å². The van der Waals surface area contributed by atoms with Gasteiger partial charge in [-0.2, -0.15) is 0 Å². The molecule has 4 rings (SSSR count). The van der Waals surface area contributed by atoms with Crippen LogP contribution in [-0.2, 0) is 10.8 Å². The highest BCUT2D eigenvalue weighted by atomic mass is 32.2. The van der Waals surface area contributed by atoms with Crippen LogP contribution in [0.1, 0.15) is 12.8 Å². The van der Waals surface area contributed by atoms with Crippen molar-refractivity contribution in [2.24, 2.45) is 5.92 Å². The quantitative estimate of drug-likeness (QED) is 0.691. The lowest BCUT2D eigenvalue weighted by atomic mass is 9.73. The highest BCUT2D eigenvalue weighted by molar-refractivity contribution is 7.85. The first kappa shape index (κ1) is 9.31. The fraction of sp³-hybridized carbons (Fsp3) is 1.00. The minimum Gasteiger partial charge on any atom is -0.310 e.